The minimum Gasteiger partial charge on any atom is -0.493 e. The topological polar surface area (TPSA) is 91.2 Å². The van der Waals surface area contributed by atoms with Crippen molar-refractivity contribution in [3.05, 3.63) is 48.0 Å². The van der Waals surface area contributed by atoms with Crippen molar-refractivity contribution in [2.75, 3.05) is 19.5 Å². The van der Waals surface area contributed by atoms with Gasteiger partial charge in [0.25, 0.3) is 0 Å². The molecule has 3 rings (SSSR count). The van der Waals surface area contributed by atoms with E-state index in [-0.39, 0.29) is 18.1 Å². The number of nitrogens with zero attached hydrogens (tertiary/aromatic N) is 4. The molecule has 0 aliphatic rings. The van der Waals surface area contributed by atoms with Gasteiger partial charge < -0.3 is 14.8 Å². The third-order valence-corrected chi connectivity index (χ3v) is 3.58. The van der Waals surface area contributed by atoms with E-state index in [9.17, 15) is 13.6 Å². The van der Waals surface area contributed by atoms with Crippen LogP contribution in [0.5, 0.6) is 11.5 Å². The monoisotopic (exact) mass is 375 g/mol. The molecule has 0 radical (unpaired) electrons. The summed E-state index contributed by atoms with van der Waals surface area (Å²) in [6, 6.07) is 8.17. The number of tetrazole rings is 1. The first-order chi connectivity index (χ1) is 13.0. The molecular formula is C17H15F2N5O3. The maximum atomic E-state index is 13.2. The largest absolute Gasteiger partial charge is 0.493 e. The Morgan fingerprint density at radius 3 is 2.56 bits per heavy atom. The maximum Gasteiger partial charge on any atom is 0.248 e. The maximum absolute atomic E-state index is 13.2. The summed E-state index contributed by atoms with van der Waals surface area (Å²) in [4.78, 5) is 13.1. The Morgan fingerprint density at radius 1 is 1.07 bits per heavy atom. The average Bonchev–Trinajstić information content (AvgIpc) is 3.12. The van der Waals surface area contributed by atoms with E-state index < -0.39 is 17.5 Å². The smallest absolute Gasteiger partial charge is 0.248 e. The molecule has 10 heteroatoms. The van der Waals surface area contributed by atoms with E-state index in [2.05, 4.69) is 20.7 Å². The fourth-order valence-electron chi connectivity index (χ4n) is 2.30. The Balaban J connectivity index is 1.70. The van der Waals surface area contributed by atoms with Crippen LogP contribution in [0.15, 0.2) is 36.4 Å². The van der Waals surface area contributed by atoms with Crippen LogP contribution in [0.1, 0.15) is 0 Å². The number of halogens is 2. The zero-order valence-corrected chi connectivity index (χ0v) is 14.4. The van der Waals surface area contributed by atoms with Gasteiger partial charge in [0.15, 0.2) is 23.1 Å². The van der Waals surface area contributed by atoms with Crippen LogP contribution in [-0.4, -0.2) is 40.3 Å². The summed E-state index contributed by atoms with van der Waals surface area (Å²) in [6.07, 6.45) is 0. The van der Waals surface area contributed by atoms with E-state index in [0.29, 0.717) is 17.1 Å². The lowest BCUT2D eigenvalue weighted by atomic mass is 10.2. The molecule has 0 saturated carbocycles. The van der Waals surface area contributed by atoms with Gasteiger partial charge in [0.2, 0.25) is 11.7 Å². The number of ether oxygens (including phenoxy) is 2. The molecule has 1 aromatic heterocycles. The lowest BCUT2D eigenvalue weighted by Gasteiger charge is -2.07. The summed E-state index contributed by atoms with van der Waals surface area (Å²) in [6.45, 7) is -0.251. The molecule has 0 saturated heterocycles. The summed E-state index contributed by atoms with van der Waals surface area (Å²) in [5.74, 6) is -1.22. The Kier molecular flexibility index (Phi) is 5.25. The molecule has 0 spiro atoms. The first-order valence-electron chi connectivity index (χ1n) is 7.75. The fourth-order valence-corrected chi connectivity index (χ4v) is 2.30. The van der Waals surface area contributed by atoms with Gasteiger partial charge in [-0.15, -0.1) is 10.2 Å². The highest BCUT2D eigenvalue weighted by atomic mass is 19.2. The van der Waals surface area contributed by atoms with Gasteiger partial charge in [-0.1, -0.05) is 0 Å². The fraction of sp³-hybridized carbons (Fsp3) is 0.176. The average molecular weight is 375 g/mol. The van der Waals surface area contributed by atoms with Crippen molar-refractivity contribution in [1.82, 2.24) is 20.2 Å². The number of rotatable bonds is 6. The van der Waals surface area contributed by atoms with Crippen LogP contribution in [0.25, 0.3) is 11.4 Å². The highest BCUT2D eigenvalue weighted by molar-refractivity contribution is 5.90. The first-order valence-corrected chi connectivity index (χ1v) is 7.75. The van der Waals surface area contributed by atoms with Crippen LogP contribution in [0, 0.1) is 11.6 Å². The predicted octanol–water partition coefficient (Wildman–Crippen LogP) is 2.27. The van der Waals surface area contributed by atoms with Gasteiger partial charge in [-0.2, -0.15) is 4.80 Å². The molecular weight excluding hydrogens is 360 g/mol. The summed E-state index contributed by atoms with van der Waals surface area (Å²) >= 11 is 0. The number of amides is 1. The summed E-state index contributed by atoms with van der Waals surface area (Å²) in [7, 11) is 3.03. The Morgan fingerprint density at radius 2 is 1.85 bits per heavy atom. The van der Waals surface area contributed by atoms with Crippen molar-refractivity contribution in [2.24, 2.45) is 0 Å². The third kappa shape index (κ3) is 4.17. The standard InChI is InChI=1S/C17H15F2N5O3/c1-26-14-6-3-10(7-15(14)27-2)17-21-23-24(22-17)9-16(25)20-11-4-5-12(18)13(19)8-11/h3-8H,9H2,1-2H3,(H,20,25). The molecule has 3 aromatic rings. The highest BCUT2D eigenvalue weighted by Gasteiger charge is 2.13. The number of carbonyl (C=O) groups is 1. The second kappa shape index (κ2) is 7.77. The van der Waals surface area contributed by atoms with E-state index >= 15 is 0 Å². The lowest BCUT2D eigenvalue weighted by Crippen LogP contribution is -2.20. The molecule has 1 heterocycles. The minimum atomic E-state index is -1.05. The lowest BCUT2D eigenvalue weighted by molar-refractivity contribution is -0.117. The van der Waals surface area contributed by atoms with Crippen molar-refractivity contribution < 1.29 is 23.0 Å². The van der Waals surface area contributed by atoms with Crippen molar-refractivity contribution in [3.63, 3.8) is 0 Å². The molecule has 0 aliphatic carbocycles. The molecule has 0 bridgehead atoms. The van der Waals surface area contributed by atoms with Crippen LogP contribution >= 0.6 is 0 Å². The second-order valence-electron chi connectivity index (χ2n) is 5.39. The summed E-state index contributed by atoms with van der Waals surface area (Å²) in [5.41, 5.74) is 0.749. The molecule has 8 nitrogen and oxygen atoms in total. The van der Waals surface area contributed by atoms with Crippen molar-refractivity contribution in [2.45, 2.75) is 6.54 Å². The molecule has 2 aromatic carbocycles. The molecule has 0 unspecified atom stereocenters. The Bertz CT molecular complexity index is 977. The molecule has 0 fully saturated rings. The number of benzene rings is 2. The van der Waals surface area contributed by atoms with Gasteiger partial charge in [0.05, 0.1) is 14.2 Å². The van der Waals surface area contributed by atoms with Crippen molar-refractivity contribution in [1.29, 1.82) is 0 Å². The first kappa shape index (κ1) is 18.2. The van der Waals surface area contributed by atoms with Gasteiger partial charge >= 0.3 is 0 Å². The van der Waals surface area contributed by atoms with Crippen molar-refractivity contribution >= 4 is 11.6 Å². The summed E-state index contributed by atoms with van der Waals surface area (Å²) < 4.78 is 36.5. The zero-order valence-electron chi connectivity index (χ0n) is 14.4. The molecule has 140 valence electrons. The number of methoxy groups -OCH3 is 2. The normalized spacial score (nSPS) is 10.5. The van der Waals surface area contributed by atoms with E-state index in [4.69, 9.17) is 9.47 Å². The summed E-state index contributed by atoms with van der Waals surface area (Å²) in [5, 5.41) is 14.3. The molecule has 0 aliphatic heterocycles. The van der Waals surface area contributed by atoms with Crippen LogP contribution in [0.4, 0.5) is 14.5 Å². The predicted molar refractivity (Wildman–Crippen MR) is 91.3 cm³/mol. The molecule has 1 N–H and O–H groups in total. The van der Waals surface area contributed by atoms with Crippen LogP contribution < -0.4 is 14.8 Å². The zero-order chi connectivity index (χ0) is 19.4. The third-order valence-electron chi connectivity index (χ3n) is 3.58. The number of hydrogen-bond acceptors (Lipinski definition) is 6. The second-order valence-corrected chi connectivity index (χ2v) is 5.39. The van der Waals surface area contributed by atoms with Gasteiger partial charge in [0, 0.05) is 17.3 Å². The number of hydrogen-bond donors (Lipinski definition) is 1. The van der Waals surface area contributed by atoms with E-state index in [1.54, 1.807) is 18.2 Å². The van der Waals surface area contributed by atoms with E-state index in [0.717, 1.165) is 16.9 Å². The van der Waals surface area contributed by atoms with E-state index in [1.807, 2.05) is 0 Å². The molecule has 27 heavy (non-hydrogen) atoms. The minimum absolute atomic E-state index is 0.124. The Hall–Kier alpha value is -3.56. The SMILES string of the molecule is COc1ccc(-c2nnn(CC(=O)Nc3ccc(F)c(F)c3)n2)cc1OC. The van der Waals surface area contributed by atoms with E-state index in [1.165, 1.54) is 20.3 Å². The highest BCUT2D eigenvalue weighted by Crippen LogP contribution is 2.30. The van der Waals surface area contributed by atoms with Crippen LogP contribution in [-0.2, 0) is 11.3 Å². The number of aromatic nitrogens is 4. The number of nitrogens with one attached hydrogen (secondary N) is 1. The molecule has 1 amide bonds. The quantitative estimate of drug-likeness (QED) is 0.711. The van der Waals surface area contributed by atoms with Crippen LogP contribution in [0.2, 0.25) is 0 Å². The van der Waals surface area contributed by atoms with Gasteiger partial charge in [0.1, 0.15) is 6.54 Å². The Labute approximate surface area is 152 Å². The number of anilines is 1. The van der Waals surface area contributed by atoms with Gasteiger partial charge in [-0.3, -0.25) is 4.79 Å². The molecule has 0 atom stereocenters. The number of carbonyl (C=O) groups excluding carboxylic acids is 1. The van der Waals surface area contributed by atoms with Crippen LogP contribution in [0.3, 0.4) is 0 Å². The van der Waals surface area contributed by atoms with Gasteiger partial charge in [-0.05, 0) is 35.5 Å². The van der Waals surface area contributed by atoms with Gasteiger partial charge in [-0.25, -0.2) is 8.78 Å². The van der Waals surface area contributed by atoms with Crippen molar-refractivity contribution in [3.8, 4) is 22.9 Å².